The molecule has 1 aromatic carbocycles. The Hall–Kier alpha value is -3.06. The lowest BCUT2D eigenvalue weighted by molar-refractivity contribution is 0.0943. The number of nitrogens with zero attached hydrogens (tertiary/aromatic N) is 3. The Morgan fingerprint density at radius 2 is 2.10 bits per heavy atom. The molecule has 2 aromatic heterocycles. The molecule has 3 aromatic rings. The zero-order chi connectivity index (χ0) is 20.2. The van der Waals surface area contributed by atoms with Crippen molar-refractivity contribution in [3.8, 4) is 0 Å². The molecule has 29 heavy (non-hydrogen) atoms. The summed E-state index contributed by atoms with van der Waals surface area (Å²) in [4.78, 5) is 16.9. The molecule has 150 valence electrons. The van der Waals surface area contributed by atoms with E-state index in [2.05, 4.69) is 20.7 Å². The predicted molar refractivity (Wildman–Crippen MR) is 108 cm³/mol. The summed E-state index contributed by atoms with van der Waals surface area (Å²) in [6.07, 6.45) is 6.21. The first-order valence-electron chi connectivity index (χ1n) is 9.80. The number of amides is 1. The van der Waals surface area contributed by atoms with E-state index in [1.54, 1.807) is 29.1 Å². The molecule has 7 heteroatoms. The van der Waals surface area contributed by atoms with Gasteiger partial charge in [-0.25, -0.2) is 4.39 Å². The van der Waals surface area contributed by atoms with Gasteiger partial charge >= 0.3 is 0 Å². The van der Waals surface area contributed by atoms with E-state index in [0.717, 1.165) is 42.6 Å². The number of aromatic nitrogens is 3. The summed E-state index contributed by atoms with van der Waals surface area (Å²) in [7, 11) is 1.87. The van der Waals surface area contributed by atoms with Crippen LogP contribution in [0, 0.1) is 5.82 Å². The van der Waals surface area contributed by atoms with Crippen LogP contribution in [0.15, 0.2) is 48.8 Å². The number of pyridine rings is 1. The highest BCUT2D eigenvalue weighted by Crippen LogP contribution is 2.24. The van der Waals surface area contributed by atoms with Crippen LogP contribution in [0.4, 0.5) is 4.39 Å². The number of fused-ring (bicyclic) bond motifs is 1. The van der Waals surface area contributed by atoms with Crippen LogP contribution in [-0.4, -0.2) is 26.7 Å². The van der Waals surface area contributed by atoms with Gasteiger partial charge in [0.05, 0.1) is 0 Å². The molecule has 0 saturated carbocycles. The first-order valence-corrected chi connectivity index (χ1v) is 9.80. The van der Waals surface area contributed by atoms with Crippen molar-refractivity contribution in [1.29, 1.82) is 0 Å². The van der Waals surface area contributed by atoms with Crippen LogP contribution in [0.3, 0.4) is 0 Å². The van der Waals surface area contributed by atoms with E-state index >= 15 is 0 Å². The van der Waals surface area contributed by atoms with Gasteiger partial charge in [0.25, 0.3) is 5.91 Å². The third-order valence-corrected chi connectivity index (χ3v) is 5.38. The van der Waals surface area contributed by atoms with Gasteiger partial charge in [-0.1, -0.05) is 24.3 Å². The lowest BCUT2D eigenvalue weighted by Gasteiger charge is -2.24. The van der Waals surface area contributed by atoms with Crippen LogP contribution in [0.1, 0.15) is 39.3 Å². The molecule has 2 N–H and O–H groups in total. The Kier molecular flexibility index (Phi) is 5.67. The molecule has 1 atom stereocenters. The van der Waals surface area contributed by atoms with Crippen molar-refractivity contribution >= 4 is 5.91 Å². The second-order valence-corrected chi connectivity index (χ2v) is 7.35. The van der Waals surface area contributed by atoms with Crippen molar-refractivity contribution in [1.82, 2.24) is 25.4 Å². The molecule has 4 rings (SSSR count). The van der Waals surface area contributed by atoms with Crippen molar-refractivity contribution in [3.05, 3.63) is 82.7 Å². The van der Waals surface area contributed by atoms with Gasteiger partial charge in [-0.3, -0.25) is 14.5 Å². The molecule has 1 aliphatic carbocycles. The van der Waals surface area contributed by atoms with Gasteiger partial charge in [0, 0.05) is 55.4 Å². The minimum atomic E-state index is -0.324. The zero-order valence-electron chi connectivity index (χ0n) is 16.4. The van der Waals surface area contributed by atoms with Crippen molar-refractivity contribution in [2.75, 3.05) is 0 Å². The highest BCUT2D eigenvalue weighted by Gasteiger charge is 2.28. The van der Waals surface area contributed by atoms with Crippen molar-refractivity contribution < 1.29 is 9.18 Å². The SMILES string of the molecule is Cn1nc(C(=O)NCc2ccccc2F)c2c1CC[C@@H](NCc1cccnc1)C2. The summed E-state index contributed by atoms with van der Waals surface area (Å²) >= 11 is 0. The smallest absolute Gasteiger partial charge is 0.272 e. The summed E-state index contributed by atoms with van der Waals surface area (Å²) in [6, 6.07) is 10.7. The molecule has 0 bridgehead atoms. The van der Waals surface area contributed by atoms with Crippen LogP contribution in [0.25, 0.3) is 0 Å². The van der Waals surface area contributed by atoms with E-state index in [1.807, 2.05) is 25.4 Å². The summed E-state index contributed by atoms with van der Waals surface area (Å²) in [5.41, 5.74) is 4.11. The van der Waals surface area contributed by atoms with Gasteiger partial charge < -0.3 is 10.6 Å². The number of halogens is 1. The van der Waals surface area contributed by atoms with E-state index in [0.29, 0.717) is 11.3 Å². The lowest BCUT2D eigenvalue weighted by Crippen LogP contribution is -2.35. The van der Waals surface area contributed by atoms with E-state index in [-0.39, 0.29) is 24.3 Å². The quantitative estimate of drug-likeness (QED) is 0.675. The Balaban J connectivity index is 1.43. The fraction of sp³-hybridized carbons (Fsp3) is 0.318. The molecule has 1 aliphatic rings. The highest BCUT2D eigenvalue weighted by atomic mass is 19.1. The fourth-order valence-electron chi connectivity index (χ4n) is 3.81. The average molecular weight is 393 g/mol. The molecule has 0 radical (unpaired) electrons. The number of hydrogen-bond donors (Lipinski definition) is 2. The van der Waals surface area contributed by atoms with Gasteiger partial charge in [0.15, 0.2) is 5.69 Å². The minimum absolute atomic E-state index is 0.138. The van der Waals surface area contributed by atoms with Gasteiger partial charge in [-0.15, -0.1) is 0 Å². The molecule has 0 aliphatic heterocycles. The average Bonchev–Trinajstić information content (AvgIpc) is 3.08. The number of hydrogen-bond acceptors (Lipinski definition) is 4. The second kappa shape index (κ2) is 8.53. The standard InChI is InChI=1S/C22H24FN5O/c1-28-20-9-8-17(25-13-15-5-4-10-24-12-15)11-18(20)21(27-28)22(29)26-14-16-6-2-3-7-19(16)23/h2-7,10,12,17,25H,8-9,11,13-14H2,1H3,(H,26,29)/t17-/m1/s1. The molecule has 0 fully saturated rings. The topological polar surface area (TPSA) is 71.8 Å². The zero-order valence-corrected chi connectivity index (χ0v) is 16.4. The molecule has 0 unspecified atom stereocenters. The Morgan fingerprint density at radius 1 is 1.24 bits per heavy atom. The summed E-state index contributed by atoms with van der Waals surface area (Å²) in [5, 5.41) is 10.8. The molecular formula is C22H24FN5O. The van der Waals surface area contributed by atoms with Gasteiger partial charge in [-0.05, 0) is 37.0 Å². The van der Waals surface area contributed by atoms with Gasteiger partial charge in [0.2, 0.25) is 0 Å². The van der Waals surface area contributed by atoms with Crippen LogP contribution >= 0.6 is 0 Å². The molecular weight excluding hydrogens is 369 g/mol. The molecule has 0 saturated heterocycles. The van der Waals surface area contributed by atoms with Crippen LogP contribution in [0.5, 0.6) is 0 Å². The summed E-state index contributed by atoms with van der Waals surface area (Å²) in [6.45, 7) is 0.877. The normalized spacial score (nSPS) is 15.7. The second-order valence-electron chi connectivity index (χ2n) is 7.35. The van der Waals surface area contributed by atoms with E-state index in [9.17, 15) is 9.18 Å². The van der Waals surface area contributed by atoms with Crippen molar-refractivity contribution in [2.45, 2.75) is 38.4 Å². The number of carbonyl (C=O) groups excluding carboxylic acids is 1. The van der Waals surface area contributed by atoms with Crippen LogP contribution < -0.4 is 10.6 Å². The number of rotatable bonds is 6. The third-order valence-electron chi connectivity index (χ3n) is 5.38. The monoisotopic (exact) mass is 393 g/mol. The fourth-order valence-corrected chi connectivity index (χ4v) is 3.81. The number of nitrogens with one attached hydrogen (secondary N) is 2. The number of aryl methyl sites for hydroxylation is 1. The largest absolute Gasteiger partial charge is 0.346 e. The number of benzene rings is 1. The minimum Gasteiger partial charge on any atom is -0.346 e. The van der Waals surface area contributed by atoms with E-state index in [4.69, 9.17) is 0 Å². The van der Waals surface area contributed by atoms with E-state index in [1.165, 1.54) is 6.07 Å². The van der Waals surface area contributed by atoms with E-state index < -0.39 is 0 Å². The molecule has 6 nitrogen and oxygen atoms in total. The Labute approximate surface area is 169 Å². The number of carbonyl (C=O) groups is 1. The van der Waals surface area contributed by atoms with Gasteiger partial charge in [0.1, 0.15) is 5.82 Å². The van der Waals surface area contributed by atoms with Crippen molar-refractivity contribution in [2.24, 2.45) is 7.05 Å². The van der Waals surface area contributed by atoms with Gasteiger partial charge in [-0.2, -0.15) is 5.10 Å². The maximum absolute atomic E-state index is 13.8. The first kappa shape index (κ1) is 19.3. The van der Waals surface area contributed by atoms with Crippen LogP contribution in [-0.2, 0) is 33.0 Å². The summed E-state index contributed by atoms with van der Waals surface area (Å²) in [5.74, 6) is -0.589. The predicted octanol–water partition coefficient (Wildman–Crippen LogP) is 2.53. The third kappa shape index (κ3) is 4.35. The first-order chi connectivity index (χ1) is 14.1. The molecule has 2 heterocycles. The highest BCUT2D eigenvalue weighted by molar-refractivity contribution is 5.94. The Morgan fingerprint density at radius 3 is 2.90 bits per heavy atom. The van der Waals surface area contributed by atoms with Crippen LogP contribution in [0.2, 0.25) is 0 Å². The maximum atomic E-state index is 13.8. The maximum Gasteiger partial charge on any atom is 0.272 e. The summed E-state index contributed by atoms with van der Waals surface area (Å²) < 4.78 is 15.6. The van der Waals surface area contributed by atoms with Crippen molar-refractivity contribution in [3.63, 3.8) is 0 Å². The Bertz CT molecular complexity index is 1000. The molecule has 1 amide bonds. The lowest BCUT2D eigenvalue weighted by atomic mass is 9.91. The molecule has 0 spiro atoms.